The number of hydrogen-bond donors (Lipinski definition) is 1. The van der Waals surface area contributed by atoms with Crippen LogP contribution in [0, 0.1) is 25.2 Å². The van der Waals surface area contributed by atoms with Gasteiger partial charge in [0.15, 0.2) is 0 Å². The average molecular weight is 276 g/mol. The van der Waals surface area contributed by atoms with Gasteiger partial charge in [-0.2, -0.15) is 10.4 Å². The summed E-state index contributed by atoms with van der Waals surface area (Å²) in [5.41, 5.74) is 3.43. The van der Waals surface area contributed by atoms with Gasteiger partial charge in [-0.15, -0.1) is 0 Å². The number of nitrogens with zero attached hydrogens (tertiary/aromatic N) is 3. The summed E-state index contributed by atoms with van der Waals surface area (Å²) in [7, 11) is 0. The number of rotatable bonds is 8. The van der Waals surface area contributed by atoms with Gasteiger partial charge in [0.2, 0.25) is 0 Å². The molecule has 1 aromatic heterocycles. The summed E-state index contributed by atoms with van der Waals surface area (Å²) < 4.78 is 2.12. The third kappa shape index (κ3) is 4.08. The van der Waals surface area contributed by atoms with Crippen molar-refractivity contribution in [1.29, 1.82) is 5.26 Å². The maximum Gasteiger partial charge on any atom is 0.103 e. The van der Waals surface area contributed by atoms with Gasteiger partial charge < -0.3 is 0 Å². The molecule has 4 nitrogen and oxygen atoms in total. The minimum absolute atomic E-state index is 0.390. The molecule has 0 spiro atoms. The third-order valence-corrected chi connectivity index (χ3v) is 4.00. The summed E-state index contributed by atoms with van der Waals surface area (Å²) in [6.07, 6.45) is 4.03. The van der Waals surface area contributed by atoms with Gasteiger partial charge in [0.25, 0.3) is 0 Å². The molecular weight excluding hydrogens is 248 g/mol. The topological polar surface area (TPSA) is 53.6 Å². The number of aryl methyl sites for hydroxylation is 2. The second-order valence-electron chi connectivity index (χ2n) is 5.66. The van der Waals surface area contributed by atoms with E-state index in [0.717, 1.165) is 44.5 Å². The van der Waals surface area contributed by atoms with Crippen LogP contribution < -0.4 is 5.32 Å². The fraction of sp³-hybridized carbons (Fsp3) is 0.750. The van der Waals surface area contributed by atoms with Crippen LogP contribution in [0.3, 0.4) is 0 Å². The van der Waals surface area contributed by atoms with Crippen LogP contribution >= 0.6 is 0 Å². The minimum Gasteiger partial charge on any atom is -0.300 e. The Labute approximate surface area is 123 Å². The maximum absolute atomic E-state index is 9.22. The summed E-state index contributed by atoms with van der Waals surface area (Å²) in [6.45, 7) is 12.2. The lowest BCUT2D eigenvalue weighted by atomic mass is 9.96. The van der Waals surface area contributed by atoms with E-state index >= 15 is 0 Å². The zero-order valence-electron chi connectivity index (χ0n) is 13.6. The van der Waals surface area contributed by atoms with Crippen molar-refractivity contribution in [2.75, 3.05) is 6.54 Å². The van der Waals surface area contributed by atoms with Gasteiger partial charge in [0, 0.05) is 12.2 Å². The van der Waals surface area contributed by atoms with Gasteiger partial charge in [-0.3, -0.25) is 10.00 Å². The van der Waals surface area contributed by atoms with Gasteiger partial charge in [-0.05, 0) is 58.6 Å². The van der Waals surface area contributed by atoms with Crippen LogP contribution in [0.5, 0.6) is 0 Å². The SMILES string of the molecule is CCNC(C)(C#N)CCCCn1nc(C)c(CC)c1C. The summed E-state index contributed by atoms with van der Waals surface area (Å²) in [6, 6.07) is 2.38. The lowest BCUT2D eigenvalue weighted by molar-refractivity contribution is 0.400. The number of nitriles is 1. The number of unbranched alkanes of at least 4 members (excludes halogenated alkanes) is 1. The third-order valence-electron chi connectivity index (χ3n) is 4.00. The van der Waals surface area contributed by atoms with Crippen molar-refractivity contribution in [2.24, 2.45) is 0 Å². The first-order valence-corrected chi connectivity index (χ1v) is 7.66. The highest BCUT2D eigenvalue weighted by Crippen LogP contribution is 2.16. The highest BCUT2D eigenvalue weighted by atomic mass is 15.3. The monoisotopic (exact) mass is 276 g/mol. The van der Waals surface area contributed by atoms with E-state index in [2.05, 4.69) is 41.9 Å². The molecule has 0 bridgehead atoms. The lowest BCUT2D eigenvalue weighted by Gasteiger charge is -2.22. The van der Waals surface area contributed by atoms with E-state index in [-0.39, 0.29) is 0 Å². The molecule has 1 heterocycles. The quantitative estimate of drug-likeness (QED) is 0.742. The molecule has 0 saturated carbocycles. The van der Waals surface area contributed by atoms with E-state index in [1.165, 1.54) is 11.3 Å². The van der Waals surface area contributed by atoms with E-state index in [1.54, 1.807) is 0 Å². The summed E-state index contributed by atoms with van der Waals surface area (Å²) in [4.78, 5) is 0. The zero-order chi connectivity index (χ0) is 15.2. The molecule has 0 saturated heterocycles. The molecule has 112 valence electrons. The number of aromatic nitrogens is 2. The van der Waals surface area contributed by atoms with Crippen molar-refractivity contribution in [3.05, 3.63) is 17.0 Å². The Morgan fingerprint density at radius 3 is 2.50 bits per heavy atom. The van der Waals surface area contributed by atoms with E-state index in [9.17, 15) is 5.26 Å². The first-order valence-electron chi connectivity index (χ1n) is 7.66. The Hall–Kier alpha value is -1.34. The van der Waals surface area contributed by atoms with Crippen molar-refractivity contribution in [1.82, 2.24) is 15.1 Å². The molecule has 0 aliphatic heterocycles. The molecule has 0 aromatic carbocycles. The predicted octanol–water partition coefficient (Wildman–Crippen LogP) is 3.12. The average Bonchev–Trinajstić information content (AvgIpc) is 2.69. The normalized spacial score (nSPS) is 14.0. The molecule has 0 amide bonds. The molecule has 0 fully saturated rings. The molecule has 1 atom stereocenters. The van der Waals surface area contributed by atoms with Crippen LogP contribution in [-0.2, 0) is 13.0 Å². The van der Waals surface area contributed by atoms with Gasteiger partial charge >= 0.3 is 0 Å². The largest absolute Gasteiger partial charge is 0.300 e. The summed E-state index contributed by atoms with van der Waals surface area (Å²) in [5.74, 6) is 0. The Kier molecular flexibility index (Phi) is 6.22. The van der Waals surface area contributed by atoms with Crippen molar-refractivity contribution >= 4 is 0 Å². The summed E-state index contributed by atoms with van der Waals surface area (Å²) in [5, 5.41) is 17.1. The molecular formula is C16H28N4. The van der Waals surface area contributed by atoms with Gasteiger partial charge in [-0.25, -0.2) is 0 Å². The zero-order valence-corrected chi connectivity index (χ0v) is 13.6. The molecule has 0 radical (unpaired) electrons. The molecule has 0 aliphatic rings. The lowest BCUT2D eigenvalue weighted by Crippen LogP contribution is -2.40. The van der Waals surface area contributed by atoms with Gasteiger partial charge in [0.1, 0.15) is 5.54 Å². The van der Waals surface area contributed by atoms with Crippen molar-refractivity contribution in [3.63, 3.8) is 0 Å². The molecule has 20 heavy (non-hydrogen) atoms. The first-order chi connectivity index (χ1) is 9.47. The Balaban J connectivity index is 2.48. The molecule has 1 aromatic rings. The molecule has 1 unspecified atom stereocenters. The van der Waals surface area contributed by atoms with Crippen molar-refractivity contribution in [2.45, 2.75) is 72.4 Å². The van der Waals surface area contributed by atoms with Crippen LogP contribution in [0.1, 0.15) is 57.0 Å². The summed E-state index contributed by atoms with van der Waals surface area (Å²) >= 11 is 0. The van der Waals surface area contributed by atoms with E-state index in [0.29, 0.717) is 0 Å². The van der Waals surface area contributed by atoms with Crippen LogP contribution in [0.2, 0.25) is 0 Å². The van der Waals surface area contributed by atoms with E-state index in [1.807, 2.05) is 13.8 Å². The van der Waals surface area contributed by atoms with Crippen LogP contribution in [0.4, 0.5) is 0 Å². The Morgan fingerprint density at radius 1 is 1.30 bits per heavy atom. The highest BCUT2D eigenvalue weighted by Gasteiger charge is 2.21. The predicted molar refractivity (Wildman–Crippen MR) is 82.6 cm³/mol. The van der Waals surface area contributed by atoms with Gasteiger partial charge in [-0.1, -0.05) is 13.8 Å². The fourth-order valence-corrected chi connectivity index (χ4v) is 2.78. The molecule has 1 rings (SSSR count). The molecule has 0 aliphatic carbocycles. The second kappa shape index (κ2) is 7.44. The smallest absolute Gasteiger partial charge is 0.103 e. The molecule has 4 heteroatoms. The van der Waals surface area contributed by atoms with Crippen LogP contribution in [0.25, 0.3) is 0 Å². The fourth-order valence-electron chi connectivity index (χ4n) is 2.78. The van der Waals surface area contributed by atoms with E-state index < -0.39 is 5.54 Å². The van der Waals surface area contributed by atoms with Crippen LogP contribution in [0.15, 0.2) is 0 Å². The number of nitrogens with one attached hydrogen (secondary N) is 1. The standard InChI is InChI=1S/C16H28N4/c1-6-15-13(3)19-20(14(15)4)11-9-8-10-16(5,12-17)18-7-2/h18H,6-11H2,1-5H3. The van der Waals surface area contributed by atoms with Crippen LogP contribution in [-0.4, -0.2) is 21.9 Å². The van der Waals surface area contributed by atoms with Gasteiger partial charge in [0.05, 0.1) is 11.8 Å². The first kappa shape index (κ1) is 16.7. The van der Waals surface area contributed by atoms with Crippen molar-refractivity contribution < 1.29 is 0 Å². The van der Waals surface area contributed by atoms with Crippen molar-refractivity contribution in [3.8, 4) is 6.07 Å². The van der Waals surface area contributed by atoms with E-state index in [4.69, 9.17) is 0 Å². The maximum atomic E-state index is 9.22. The second-order valence-corrected chi connectivity index (χ2v) is 5.66. The Morgan fingerprint density at radius 2 is 2.00 bits per heavy atom. The molecule has 1 N–H and O–H groups in total. The number of hydrogen-bond acceptors (Lipinski definition) is 3. The Bertz CT molecular complexity index is 470. The highest BCUT2D eigenvalue weighted by molar-refractivity contribution is 5.24. The minimum atomic E-state index is -0.390.